The molecule has 0 aliphatic carbocycles. The summed E-state index contributed by atoms with van der Waals surface area (Å²) < 4.78 is 0. The van der Waals surface area contributed by atoms with Gasteiger partial charge in [-0.15, -0.1) is 0 Å². The molecule has 1 nitrogen and oxygen atoms in total. The first-order chi connectivity index (χ1) is 6.27. The molecule has 0 radical (unpaired) electrons. The molecule has 13 heavy (non-hydrogen) atoms. The van der Waals surface area contributed by atoms with E-state index in [9.17, 15) is 0 Å². The van der Waals surface area contributed by atoms with Crippen LogP contribution in [0.3, 0.4) is 0 Å². The molecule has 0 unspecified atom stereocenters. The summed E-state index contributed by atoms with van der Waals surface area (Å²) in [6, 6.07) is 6.78. The van der Waals surface area contributed by atoms with E-state index in [0.717, 1.165) is 19.4 Å². The third-order valence-corrected chi connectivity index (χ3v) is 2.46. The van der Waals surface area contributed by atoms with Crippen LogP contribution in [0, 0.1) is 6.92 Å². The van der Waals surface area contributed by atoms with Gasteiger partial charge < -0.3 is 5.32 Å². The molecule has 0 heterocycles. The van der Waals surface area contributed by atoms with Crippen LogP contribution in [0.1, 0.15) is 23.6 Å². The van der Waals surface area contributed by atoms with Gasteiger partial charge in [-0.25, -0.2) is 0 Å². The Morgan fingerprint density at radius 1 is 1.31 bits per heavy atom. The van der Waals surface area contributed by atoms with Crippen molar-refractivity contribution in [3.05, 3.63) is 34.9 Å². The van der Waals surface area contributed by atoms with Gasteiger partial charge in [0.15, 0.2) is 0 Å². The Labute approximate surface area is 81.2 Å². The van der Waals surface area contributed by atoms with Gasteiger partial charge in [0.25, 0.3) is 0 Å². The number of nitrogens with one attached hydrogen (secondary N) is 1. The van der Waals surface area contributed by atoms with Crippen molar-refractivity contribution in [1.82, 2.24) is 5.32 Å². The lowest BCUT2D eigenvalue weighted by atomic mass is 10.0. The number of rotatable bonds is 4. The largest absolute Gasteiger partial charge is 0.319 e. The Kier molecular flexibility index (Phi) is 3.97. The second-order valence-electron chi connectivity index (χ2n) is 3.47. The first kappa shape index (κ1) is 10.3. The molecule has 0 amide bonds. The van der Waals surface area contributed by atoms with E-state index in [4.69, 9.17) is 0 Å². The van der Waals surface area contributed by atoms with Crippen LogP contribution < -0.4 is 5.32 Å². The summed E-state index contributed by atoms with van der Waals surface area (Å²) in [5.74, 6) is 0. The summed E-state index contributed by atoms with van der Waals surface area (Å²) in [6.07, 6.45) is 2.27. The normalized spacial score (nSPS) is 10.4. The first-order valence-electron chi connectivity index (χ1n) is 5.01. The Morgan fingerprint density at radius 3 is 2.69 bits per heavy atom. The van der Waals surface area contributed by atoms with E-state index in [-0.39, 0.29) is 0 Å². The Balaban J connectivity index is 2.74. The fourth-order valence-electron chi connectivity index (χ4n) is 1.53. The lowest BCUT2D eigenvalue weighted by Crippen LogP contribution is -2.10. The van der Waals surface area contributed by atoms with E-state index in [0.29, 0.717) is 0 Å². The van der Waals surface area contributed by atoms with Gasteiger partial charge in [0.2, 0.25) is 0 Å². The van der Waals surface area contributed by atoms with Gasteiger partial charge in [0, 0.05) is 0 Å². The number of benzene rings is 1. The fraction of sp³-hybridized carbons (Fsp3) is 0.500. The molecule has 0 aliphatic heterocycles. The molecule has 0 saturated heterocycles. The summed E-state index contributed by atoms with van der Waals surface area (Å²) in [4.78, 5) is 0. The zero-order valence-electron chi connectivity index (χ0n) is 8.85. The summed E-state index contributed by atoms with van der Waals surface area (Å²) >= 11 is 0. The maximum absolute atomic E-state index is 3.17. The standard InChI is InChI=1S/C12H19N/c1-4-12-9-11(7-8-13-3)6-5-10(12)2/h5-6,9,13H,4,7-8H2,1-3H3. The zero-order chi connectivity index (χ0) is 9.68. The summed E-state index contributed by atoms with van der Waals surface area (Å²) in [5.41, 5.74) is 4.33. The molecule has 0 aliphatic rings. The third-order valence-electron chi connectivity index (χ3n) is 2.46. The van der Waals surface area contributed by atoms with Crippen LogP contribution in [0.2, 0.25) is 0 Å². The highest BCUT2D eigenvalue weighted by molar-refractivity contribution is 5.31. The zero-order valence-corrected chi connectivity index (χ0v) is 8.85. The van der Waals surface area contributed by atoms with E-state index in [2.05, 4.69) is 37.4 Å². The molecule has 1 heteroatoms. The topological polar surface area (TPSA) is 12.0 Å². The minimum atomic E-state index is 1.06. The Morgan fingerprint density at radius 2 is 2.08 bits per heavy atom. The van der Waals surface area contributed by atoms with Gasteiger partial charge in [-0.1, -0.05) is 25.1 Å². The van der Waals surface area contributed by atoms with Crippen LogP contribution in [0.15, 0.2) is 18.2 Å². The quantitative estimate of drug-likeness (QED) is 0.744. The van der Waals surface area contributed by atoms with Crippen molar-refractivity contribution in [3.8, 4) is 0 Å². The van der Waals surface area contributed by atoms with Gasteiger partial charge in [-0.05, 0) is 50.0 Å². The molecule has 0 atom stereocenters. The molecule has 1 rings (SSSR count). The number of hydrogen-bond donors (Lipinski definition) is 1. The van der Waals surface area contributed by atoms with Crippen LogP contribution in [-0.2, 0) is 12.8 Å². The average molecular weight is 177 g/mol. The highest BCUT2D eigenvalue weighted by Gasteiger charge is 1.97. The molecule has 1 N–H and O–H groups in total. The van der Waals surface area contributed by atoms with E-state index in [1.165, 1.54) is 16.7 Å². The summed E-state index contributed by atoms with van der Waals surface area (Å²) in [5, 5.41) is 3.17. The summed E-state index contributed by atoms with van der Waals surface area (Å²) in [6.45, 7) is 5.46. The van der Waals surface area contributed by atoms with Crippen LogP contribution in [0.5, 0.6) is 0 Å². The van der Waals surface area contributed by atoms with Crippen molar-refractivity contribution in [2.45, 2.75) is 26.7 Å². The number of aryl methyl sites for hydroxylation is 2. The molecule has 0 aromatic heterocycles. The predicted molar refractivity (Wildman–Crippen MR) is 58.2 cm³/mol. The molecular weight excluding hydrogens is 158 g/mol. The minimum Gasteiger partial charge on any atom is -0.319 e. The van der Waals surface area contributed by atoms with E-state index in [1.54, 1.807) is 0 Å². The highest BCUT2D eigenvalue weighted by atomic mass is 14.8. The average Bonchev–Trinajstić information content (AvgIpc) is 2.16. The second-order valence-corrected chi connectivity index (χ2v) is 3.47. The SMILES string of the molecule is CCc1cc(CCNC)ccc1C. The molecule has 0 bridgehead atoms. The van der Waals surface area contributed by atoms with Gasteiger partial charge in [0.1, 0.15) is 0 Å². The van der Waals surface area contributed by atoms with Crippen molar-refractivity contribution in [1.29, 1.82) is 0 Å². The minimum absolute atomic E-state index is 1.06. The van der Waals surface area contributed by atoms with Gasteiger partial charge in [-0.3, -0.25) is 0 Å². The van der Waals surface area contributed by atoms with E-state index >= 15 is 0 Å². The Bertz CT molecular complexity index is 266. The second kappa shape index (κ2) is 5.03. The van der Waals surface area contributed by atoms with Gasteiger partial charge >= 0.3 is 0 Å². The first-order valence-corrected chi connectivity index (χ1v) is 5.01. The Hall–Kier alpha value is -0.820. The van der Waals surface area contributed by atoms with E-state index in [1.807, 2.05) is 7.05 Å². The van der Waals surface area contributed by atoms with Crippen LogP contribution >= 0.6 is 0 Å². The fourth-order valence-corrected chi connectivity index (χ4v) is 1.53. The number of hydrogen-bond acceptors (Lipinski definition) is 1. The lowest BCUT2D eigenvalue weighted by molar-refractivity contribution is 0.790. The molecule has 0 fully saturated rings. The predicted octanol–water partition coefficient (Wildman–Crippen LogP) is 2.32. The maximum Gasteiger partial charge on any atom is -0.00114 e. The molecular formula is C12H19N. The molecule has 1 aromatic rings. The molecule has 1 aromatic carbocycles. The molecule has 0 saturated carbocycles. The van der Waals surface area contributed by atoms with Crippen LogP contribution in [-0.4, -0.2) is 13.6 Å². The van der Waals surface area contributed by atoms with Gasteiger partial charge in [-0.2, -0.15) is 0 Å². The highest BCUT2D eigenvalue weighted by Crippen LogP contribution is 2.11. The van der Waals surface area contributed by atoms with Crippen molar-refractivity contribution < 1.29 is 0 Å². The van der Waals surface area contributed by atoms with Crippen LogP contribution in [0.4, 0.5) is 0 Å². The van der Waals surface area contributed by atoms with Crippen molar-refractivity contribution >= 4 is 0 Å². The monoisotopic (exact) mass is 177 g/mol. The lowest BCUT2D eigenvalue weighted by Gasteiger charge is -2.06. The maximum atomic E-state index is 3.17. The van der Waals surface area contributed by atoms with Gasteiger partial charge in [0.05, 0.1) is 0 Å². The van der Waals surface area contributed by atoms with Crippen molar-refractivity contribution in [2.24, 2.45) is 0 Å². The summed E-state index contributed by atoms with van der Waals surface area (Å²) in [7, 11) is 1.99. The van der Waals surface area contributed by atoms with Crippen LogP contribution in [0.25, 0.3) is 0 Å². The third kappa shape index (κ3) is 2.85. The van der Waals surface area contributed by atoms with E-state index < -0.39 is 0 Å². The smallest absolute Gasteiger partial charge is 0.00114 e. The number of likely N-dealkylation sites (N-methyl/N-ethyl adjacent to an activating group) is 1. The van der Waals surface area contributed by atoms with Crippen molar-refractivity contribution in [2.75, 3.05) is 13.6 Å². The van der Waals surface area contributed by atoms with Crippen molar-refractivity contribution in [3.63, 3.8) is 0 Å². The molecule has 0 spiro atoms. The molecule has 72 valence electrons.